The lowest BCUT2D eigenvalue weighted by Gasteiger charge is -2.10. The van der Waals surface area contributed by atoms with Crippen molar-refractivity contribution in [2.75, 3.05) is 39.3 Å². The average molecular weight is 301 g/mol. The van der Waals surface area contributed by atoms with Crippen LogP contribution >= 0.6 is 0 Å². The Kier molecular flexibility index (Phi) is 6.58. The SMILES string of the molecule is COCCOc1cccc(NCCc2ccc(OC)cc2)c1. The van der Waals surface area contributed by atoms with E-state index in [9.17, 15) is 0 Å². The average Bonchev–Trinajstić information content (AvgIpc) is 2.56. The third kappa shape index (κ3) is 5.30. The Labute approximate surface area is 132 Å². The Bertz CT molecular complexity index is 555. The van der Waals surface area contributed by atoms with E-state index in [0.717, 1.165) is 30.2 Å². The molecule has 4 heteroatoms. The molecule has 0 atom stereocenters. The highest BCUT2D eigenvalue weighted by Crippen LogP contribution is 2.17. The molecule has 2 aromatic rings. The van der Waals surface area contributed by atoms with Crippen LogP contribution in [0.15, 0.2) is 48.5 Å². The van der Waals surface area contributed by atoms with Gasteiger partial charge in [0.15, 0.2) is 0 Å². The lowest BCUT2D eigenvalue weighted by molar-refractivity contribution is 0.146. The summed E-state index contributed by atoms with van der Waals surface area (Å²) in [5.41, 5.74) is 2.34. The van der Waals surface area contributed by atoms with Gasteiger partial charge in [-0.3, -0.25) is 0 Å². The number of rotatable bonds is 9. The first kappa shape index (κ1) is 16.2. The monoisotopic (exact) mass is 301 g/mol. The van der Waals surface area contributed by atoms with Gasteiger partial charge in [-0.1, -0.05) is 18.2 Å². The molecule has 4 nitrogen and oxygen atoms in total. The minimum Gasteiger partial charge on any atom is -0.497 e. The summed E-state index contributed by atoms with van der Waals surface area (Å²) in [5.74, 6) is 1.74. The van der Waals surface area contributed by atoms with Gasteiger partial charge in [0.2, 0.25) is 0 Å². The fraction of sp³-hybridized carbons (Fsp3) is 0.333. The summed E-state index contributed by atoms with van der Waals surface area (Å²) in [6, 6.07) is 16.1. The predicted molar refractivity (Wildman–Crippen MR) is 89.0 cm³/mol. The second-order valence-corrected chi connectivity index (χ2v) is 4.89. The molecular weight excluding hydrogens is 278 g/mol. The van der Waals surface area contributed by atoms with Crippen molar-refractivity contribution in [3.8, 4) is 11.5 Å². The molecule has 0 heterocycles. The van der Waals surface area contributed by atoms with Crippen LogP contribution in [0.2, 0.25) is 0 Å². The molecule has 0 bridgehead atoms. The van der Waals surface area contributed by atoms with Gasteiger partial charge in [-0.25, -0.2) is 0 Å². The smallest absolute Gasteiger partial charge is 0.121 e. The van der Waals surface area contributed by atoms with Crippen LogP contribution in [0.4, 0.5) is 5.69 Å². The summed E-state index contributed by atoms with van der Waals surface area (Å²) >= 11 is 0. The maximum absolute atomic E-state index is 5.60. The molecule has 0 aliphatic carbocycles. The quantitative estimate of drug-likeness (QED) is 0.721. The Morgan fingerprint density at radius 1 is 0.909 bits per heavy atom. The van der Waals surface area contributed by atoms with Crippen molar-refractivity contribution >= 4 is 5.69 Å². The standard InChI is InChI=1S/C18H23NO3/c1-20-12-13-22-18-5-3-4-16(14-18)19-11-10-15-6-8-17(21-2)9-7-15/h3-9,14,19H,10-13H2,1-2H3. The first-order chi connectivity index (χ1) is 10.8. The number of hydrogen-bond donors (Lipinski definition) is 1. The minimum atomic E-state index is 0.561. The summed E-state index contributed by atoms with van der Waals surface area (Å²) in [5, 5.41) is 3.41. The van der Waals surface area contributed by atoms with E-state index in [0.29, 0.717) is 13.2 Å². The number of methoxy groups -OCH3 is 2. The van der Waals surface area contributed by atoms with Crippen molar-refractivity contribution in [1.82, 2.24) is 0 Å². The van der Waals surface area contributed by atoms with Gasteiger partial charge in [-0.15, -0.1) is 0 Å². The van der Waals surface area contributed by atoms with Crippen molar-refractivity contribution < 1.29 is 14.2 Å². The van der Waals surface area contributed by atoms with Crippen LogP contribution in [0.1, 0.15) is 5.56 Å². The summed E-state index contributed by atoms with van der Waals surface area (Å²) in [6.07, 6.45) is 0.957. The van der Waals surface area contributed by atoms with Crippen LogP contribution < -0.4 is 14.8 Å². The summed E-state index contributed by atoms with van der Waals surface area (Å²) in [7, 11) is 3.35. The van der Waals surface area contributed by atoms with Crippen LogP contribution in [0, 0.1) is 0 Å². The van der Waals surface area contributed by atoms with E-state index in [2.05, 4.69) is 17.4 Å². The second kappa shape index (κ2) is 8.95. The predicted octanol–water partition coefficient (Wildman–Crippen LogP) is 3.38. The number of anilines is 1. The molecule has 0 saturated heterocycles. The Balaban J connectivity index is 1.79. The molecule has 2 aromatic carbocycles. The molecule has 0 fully saturated rings. The fourth-order valence-electron chi connectivity index (χ4n) is 2.08. The maximum Gasteiger partial charge on any atom is 0.121 e. The van der Waals surface area contributed by atoms with Gasteiger partial charge in [0, 0.05) is 25.4 Å². The molecule has 0 spiro atoms. The lowest BCUT2D eigenvalue weighted by Crippen LogP contribution is -2.06. The molecule has 0 amide bonds. The van der Waals surface area contributed by atoms with Gasteiger partial charge in [0.05, 0.1) is 13.7 Å². The lowest BCUT2D eigenvalue weighted by atomic mass is 10.1. The van der Waals surface area contributed by atoms with E-state index in [1.54, 1.807) is 14.2 Å². The van der Waals surface area contributed by atoms with Crippen LogP contribution in [-0.4, -0.2) is 34.0 Å². The van der Waals surface area contributed by atoms with Crippen molar-refractivity contribution in [3.63, 3.8) is 0 Å². The highest BCUT2D eigenvalue weighted by molar-refractivity contribution is 5.48. The molecule has 1 N–H and O–H groups in total. The summed E-state index contributed by atoms with van der Waals surface area (Å²) < 4.78 is 15.7. The Hall–Kier alpha value is -2.20. The van der Waals surface area contributed by atoms with Crippen molar-refractivity contribution in [1.29, 1.82) is 0 Å². The van der Waals surface area contributed by atoms with Gasteiger partial charge in [0.25, 0.3) is 0 Å². The Morgan fingerprint density at radius 2 is 1.73 bits per heavy atom. The maximum atomic E-state index is 5.60. The summed E-state index contributed by atoms with van der Waals surface area (Å²) in [6.45, 7) is 2.02. The topological polar surface area (TPSA) is 39.7 Å². The third-order valence-corrected chi connectivity index (χ3v) is 3.29. The number of nitrogens with one attached hydrogen (secondary N) is 1. The van der Waals surface area contributed by atoms with E-state index in [1.807, 2.05) is 36.4 Å². The molecule has 0 aliphatic rings. The molecular formula is C18H23NO3. The molecule has 0 radical (unpaired) electrons. The molecule has 2 rings (SSSR count). The zero-order valence-corrected chi connectivity index (χ0v) is 13.2. The van der Waals surface area contributed by atoms with Crippen LogP contribution in [0.5, 0.6) is 11.5 Å². The van der Waals surface area contributed by atoms with Crippen LogP contribution in [0.25, 0.3) is 0 Å². The van der Waals surface area contributed by atoms with Gasteiger partial charge in [0.1, 0.15) is 18.1 Å². The van der Waals surface area contributed by atoms with Crippen LogP contribution in [0.3, 0.4) is 0 Å². The second-order valence-electron chi connectivity index (χ2n) is 4.89. The van der Waals surface area contributed by atoms with E-state index < -0.39 is 0 Å². The molecule has 0 aromatic heterocycles. The van der Waals surface area contributed by atoms with Crippen molar-refractivity contribution in [3.05, 3.63) is 54.1 Å². The van der Waals surface area contributed by atoms with E-state index in [1.165, 1.54) is 5.56 Å². The molecule has 0 unspecified atom stereocenters. The fourth-order valence-corrected chi connectivity index (χ4v) is 2.08. The van der Waals surface area contributed by atoms with E-state index >= 15 is 0 Å². The number of ether oxygens (including phenoxy) is 3. The number of benzene rings is 2. The van der Waals surface area contributed by atoms with Crippen molar-refractivity contribution in [2.24, 2.45) is 0 Å². The highest BCUT2D eigenvalue weighted by Gasteiger charge is 1.98. The molecule has 118 valence electrons. The zero-order valence-electron chi connectivity index (χ0n) is 13.2. The molecule has 0 saturated carbocycles. The largest absolute Gasteiger partial charge is 0.497 e. The molecule has 0 aliphatic heterocycles. The van der Waals surface area contributed by atoms with E-state index in [4.69, 9.17) is 14.2 Å². The van der Waals surface area contributed by atoms with Gasteiger partial charge < -0.3 is 19.5 Å². The normalized spacial score (nSPS) is 10.3. The van der Waals surface area contributed by atoms with Gasteiger partial charge >= 0.3 is 0 Å². The third-order valence-electron chi connectivity index (χ3n) is 3.29. The summed E-state index contributed by atoms with van der Waals surface area (Å²) in [4.78, 5) is 0. The molecule has 22 heavy (non-hydrogen) atoms. The Morgan fingerprint density at radius 3 is 2.45 bits per heavy atom. The number of hydrogen-bond acceptors (Lipinski definition) is 4. The van der Waals surface area contributed by atoms with E-state index in [-0.39, 0.29) is 0 Å². The van der Waals surface area contributed by atoms with Crippen LogP contribution in [-0.2, 0) is 11.2 Å². The van der Waals surface area contributed by atoms with Crippen molar-refractivity contribution in [2.45, 2.75) is 6.42 Å². The first-order valence-corrected chi connectivity index (χ1v) is 7.40. The first-order valence-electron chi connectivity index (χ1n) is 7.40. The van der Waals surface area contributed by atoms with Gasteiger partial charge in [-0.2, -0.15) is 0 Å². The zero-order chi connectivity index (χ0) is 15.6. The van der Waals surface area contributed by atoms with Gasteiger partial charge in [-0.05, 0) is 36.2 Å². The highest BCUT2D eigenvalue weighted by atomic mass is 16.5. The minimum absolute atomic E-state index is 0.561.